The third kappa shape index (κ3) is 7.96. The SMILES string of the molecule is CCCNC(CCC(C)(C)C)CSc1cccc(C)c1. The summed E-state index contributed by atoms with van der Waals surface area (Å²) in [5, 5.41) is 3.71. The molecule has 0 radical (unpaired) electrons. The molecule has 0 amide bonds. The molecule has 1 aromatic rings. The third-order valence-electron chi connectivity index (χ3n) is 3.37. The molecule has 1 rings (SSSR count). The van der Waals surface area contributed by atoms with Crippen molar-refractivity contribution in [2.24, 2.45) is 5.41 Å². The molecule has 0 aromatic heterocycles. The van der Waals surface area contributed by atoms with Crippen molar-refractivity contribution >= 4 is 11.8 Å². The van der Waals surface area contributed by atoms with E-state index in [0.717, 1.165) is 6.54 Å². The predicted molar refractivity (Wildman–Crippen MR) is 92.7 cm³/mol. The van der Waals surface area contributed by atoms with Gasteiger partial charge in [0.15, 0.2) is 0 Å². The van der Waals surface area contributed by atoms with Gasteiger partial charge in [0.25, 0.3) is 0 Å². The highest BCUT2D eigenvalue weighted by molar-refractivity contribution is 7.99. The van der Waals surface area contributed by atoms with E-state index in [2.05, 4.69) is 64.2 Å². The van der Waals surface area contributed by atoms with Crippen LogP contribution in [-0.2, 0) is 0 Å². The van der Waals surface area contributed by atoms with Crippen LogP contribution in [-0.4, -0.2) is 18.3 Å². The van der Waals surface area contributed by atoms with E-state index in [1.807, 2.05) is 11.8 Å². The van der Waals surface area contributed by atoms with Gasteiger partial charge >= 0.3 is 0 Å². The van der Waals surface area contributed by atoms with Crippen molar-refractivity contribution in [3.63, 3.8) is 0 Å². The highest BCUT2D eigenvalue weighted by Gasteiger charge is 2.15. The van der Waals surface area contributed by atoms with Crippen molar-refractivity contribution in [3.05, 3.63) is 29.8 Å². The standard InChI is InChI=1S/C18H31NS/c1-6-12-19-16(10-11-18(3,4)5)14-20-17-9-7-8-15(2)13-17/h7-9,13,16,19H,6,10-12,14H2,1-5H3. The van der Waals surface area contributed by atoms with Crippen LogP contribution in [0.15, 0.2) is 29.2 Å². The minimum absolute atomic E-state index is 0.431. The third-order valence-corrected chi connectivity index (χ3v) is 4.52. The monoisotopic (exact) mass is 293 g/mol. The first-order valence-corrected chi connectivity index (χ1v) is 8.82. The molecule has 0 heterocycles. The van der Waals surface area contributed by atoms with Gasteiger partial charge in [-0.25, -0.2) is 0 Å². The molecule has 0 aliphatic heterocycles. The summed E-state index contributed by atoms with van der Waals surface area (Å²) in [7, 11) is 0. The van der Waals surface area contributed by atoms with E-state index in [1.54, 1.807) is 0 Å². The van der Waals surface area contributed by atoms with Crippen LogP contribution in [0.5, 0.6) is 0 Å². The molecule has 0 fully saturated rings. The summed E-state index contributed by atoms with van der Waals surface area (Å²) < 4.78 is 0. The van der Waals surface area contributed by atoms with Crippen LogP contribution in [0.1, 0.15) is 52.5 Å². The molecule has 1 atom stereocenters. The Morgan fingerprint density at radius 2 is 2.00 bits per heavy atom. The molecule has 0 spiro atoms. The van der Waals surface area contributed by atoms with Crippen molar-refractivity contribution in [2.45, 2.75) is 64.8 Å². The molecule has 1 aromatic carbocycles. The van der Waals surface area contributed by atoms with Gasteiger partial charge in [-0.1, -0.05) is 45.4 Å². The van der Waals surface area contributed by atoms with Crippen molar-refractivity contribution < 1.29 is 0 Å². The van der Waals surface area contributed by atoms with E-state index >= 15 is 0 Å². The second-order valence-corrected chi connectivity index (χ2v) is 7.97. The zero-order chi connectivity index (χ0) is 15.0. The molecule has 0 saturated carbocycles. The number of thioether (sulfide) groups is 1. The number of hydrogen-bond donors (Lipinski definition) is 1. The van der Waals surface area contributed by atoms with Crippen LogP contribution in [0.25, 0.3) is 0 Å². The Labute approximate surface area is 129 Å². The highest BCUT2D eigenvalue weighted by Crippen LogP contribution is 2.25. The number of aryl methyl sites for hydroxylation is 1. The summed E-state index contributed by atoms with van der Waals surface area (Å²) in [5.41, 5.74) is 1.78. The lowest BCUT2D eigenvalue weighted by Crippen LogP contribution is -2.33. The first-order valence-electron chi connectivity index (χ1n) is 7.83. The molecule has 0 aliphatic carbocycles. The Bertz CT molecular complexity index is 381. The fourth-order valence-corrected chi connectivity index (χ4v) is 3.22. The molecule has 0 bridgehead atoms. The maximum atomic E-state index is 3.71. The molecule has 2 heteroatoms. The number of nitrogens with one attached hydrogen (secondary N) is 1. The van der Waals surface area contributed by atoms with Crippen LogP contribution in [0.3, 0.4) is 0 Å². The Morgan fingerprint density at radius 1 is 1.25 bits per heavy atom. The smallest absolute Gasteiger partial charge is 0.0161 e. The normalized spacial score (nSPS) is 13.4. The fraction of sp³-hybridized carbons (Fsp3) is 0.667. The first kappa shape index (κ1) is 17.6. The minimum atomic E-state index is 0.431. The lowest BCUT2D eigenvalue weighted by molar-refractivity contribution is 0.338. The minimum Gasteiger partial charge on any atom is -0.313 e. The lowest BCUT2D eigenvalue weighted by Gasteiger charge is -2.24. The second-order valence-electron chi connectivity index (χ2n) is 6.88. The molecular formula is C18H31NS. The van der Waals surface area contributed by atoms with Gasteiger partial charge < -0.3 is 5.32 Å². The number of rotatable bonds is 8. The summed E-state index contributed by atoms with van der Waals surface area (Å²) in [6, 6.07) is 9.45. The van der Waals surface area contributed by atoms with Gasteiger partial charge in [0.05, 0.1) is 0 Å². The van der Waals surface area contributed by atoms with Crippen LogP contribution in [0.4, 0.5) is 0 Å². The molecule has 20 heavy (non-hydrogen) atoms. The average Bonchev–Trinajstić information content (AvgIpc) is 2.37. The van der Waals surface area contributed by atoms with Gasteiger partial charge in [-0.2, -0.15) is 0 Å². The van der Waals surface area contributed by atoms with Crippen molar-refractivity contribution in [1.82, 2.24) is 5.32 Å². The van der Waals surface area contributed by atoms with E-state index in [9.17, 15) is 0 Å². The highest BCUT2D eigenvalue weighted by atomic mass is 32.2. The molecular weight excluding hydrogens is 262 g/mol. The van der Waals surface area contributed by atoms with Gasteiger partial charge in [-0.15, -0.1) is 11.8 Å². The van der Waals surface area contributed by atoms with Gasteiger partial charge in [-0.3, -0.25) is 0 Å². The van der Waals surface area contributed by atoms with Crippen LogP contribution >= 0.6 is 11.8 Å². The molecule has 1 nitrogen and oxygen atoms in total. The summed E-state index contributed by atoms with van der Waals surface area (Å²) >= 11 is 1.98. The Hall–Kier alpha value is -0.470. The Balaban J connectivity index is 2.47. The number of hydrogen-bond acceptors (Lipinski definition) is 2. The second kappa shape index (κ2) is 8.74. The van der Waals surface area contributed by atoms with Gasteiger partial charge in [-0.05, 0) is 50.3 Å². The van der Waals surface area contributed by atoms with E-state index in [1.165, 1.54) is 35.5 Å². The zero-order valence-corrected chi connectivity index (χ0v) is 14.6. The Kier molecular flexibility index (Phi) is 7.68. The molecule has 0 aliphatic rings. The molecule has 114 valence electrons. The summed E-state index contributed by atoms with van der Waals surface area (Å²) in [6.45, 7) is 12.5. The van der Waals surface area contributed by atoms with E-state index < -0.39 is 0 Å². The number of benzene rings is 1. The quantitative estimate of drug-likeness (QED) is 0.654. The molecule has 0 saturated heterocycles. The molecule has 1 unspecified atom stereocenters. The van der Waals surface area contributed by atoms with E-state index in [-0.39, 0.29) is 0 Å². The fourth-order valence-electron chi connectivity index (χ4n) is 2.10. The van der Waals surface area contributed by atoms with Gasteiger partial charge in [0.2, 0.25) is 0 Å². The average molecular weight is 294 g/mol. The first-order chi connectivity index (χ1) is 9.40. The van der Waals surface area contributed by atoms with Crippen molar-refractivity contribution in [2.75, 3.05) is 12.3 Å². The maximum Gasteiger partial charge on any atom is 0.0161 e. The molecule has 1 N–H and O–H groups in total. The van der Waals surface area contributed by atoms with Crippen molar-refractivity contribution in [3.8, 4) is 0 Å². The Morgan fingerprint density at radius 3 is 2.60 bits per heavy atom. The van der Waals surface area contributed by atoms with Crippen LogP contribution in [0.2, 0.25) is 0 Å². The van der Waals surface area contributed by atoms with Gasteiger partial charge in [0.1, 0.15) is 0 Å². The maximum absolute atomic E-state index is 3.71. The topological polar surface area (TPSA) is 12.0 Å². The summed E-state index contributed by atoms with van der Waals surface area (Å²) in [5.74, 6) is 1.17. The van der Waals surface area contributed by atoms with Gasteiger partial charge in [0, 0.05) is 16.7 Å². The zero-order valence-electron chi connectivity index (χ0n) is 13.8. The van der Waals surface area contributed by atoms with Crippen LogP contribution < -0.4 is 5.32 Å². The van der Waals surface area contributed by atoms with E-state index in [4.69, 9.17) is 0 Å². The summed E-state index contributed by atoms with van der Waals surface area (Å²) in [6.07, 6.45) is 3.76. The summed E-state index contributed by atoms with van der Waals surface area (Å²) in [4.78, 5) is 1.39. The lowest BCUT2D eigenvalue weighted by atomic mass is 9.89. The largest absolute Gasteiger partial charge is 0.313 e. The van der Waals surface area contributed by atoms with E-state index in [0.29, 0.717) is 11.5 Å². The predicted octanol–water partition coefficient (Wildman–Crippen LogP) is 5.28. The van der Waals surface area contributed by atoms with Crippen LogP contribution in [0, 0.1) is 12.3 Å². The van der Waals surface area contributed by atoms with Crippen molar-refractivity contribution in [1.29, 1.82) is 0 Å².